The fourth-order valence-corrected chi connectivity index (χ4v) is 2.60. The van der Waals surface area contributed by atoms with E-state index in [2.05, 4.69) is 6.92 Å². The normalized spacial score (nSPS) is 16.8. The minimum Gasteiger partial charge on any atom is -0.480 e. The summed E-state index contributed by atoms with van der Waals surface area (Å²) in [6.07, 6.45) is 8.34. The Morgan fingerprint density at radius 3 is 2.05 bits per heavy atom. The van der Waals surface area contributed by atoms with Crippen LogP contribution in [0.5, 0.6) is 0 Å². The van der Waals surface area contributed by atoms with E-state index in [-0.39, 0.29) is 24.7 Å². The number of carbonyl (C=O) groups is 3. The Hall–Kier alpha value is -1.39. The number of rotatable bonds is 10. The molecule has 1 unspecified atom stereocenters. The molecule has 0 spiro atoms. The molecule has 0 bridgehead atoms. The van der Waals surface area contributed by atoms with Gasteiger partial charge >= 0.3 is 5.97 Å². The average molecular weight is 283 g/mol. The maximum absolute atomic E-state index is 11.6. The Kier molecular flexibility index (Phi) is 7.26. The van der Waals surface area contributed by atoms with Gasteiger partial charge < -0.3 is 5.11 Å². The van der Waals surface area contributed by atoms with Gasteiger partial charge in [-0.3, -0.25) is 14.5 Å². The zero-order valence-electron chi connectivity index (χ0n) is 12.3. The topological polar surface area (TPSA) is 74.7 Å². The first-order valence-corrected chi connectivity index (χ1v) is 7.65. The average Bonchev–Trinajstić information content (AvgIpc) is 2.73. The molecule has 20 heavy (non-hydrogen) atoms. The monoisotopic (exact) mass is 283 g/mol. The predicted molar refractivity (Wildman–Crippen MR) is 75.1 cm³/mol. The minimum absolute atomic E-state index is 0.152. The van der Waals surface area contributed by atoms with Crippen LogP contribution in [-0.2, 0) is 14.4 Å². The van der Waals surface area contributed by atoms with Crippen molar-refractivity contribution < 1.29 is 19.5 Å². The van der Waals surface area contributed by atoms with Gasteiger partial charge in [0, 0.05) is 12.8 Å². The van der Waals surface area contributed by atoms with E-state index < -0.39 is 12.0 Å². The summed E-state index contributed by atoms with van der Waals surface area (Å²) in [6.45, 7) is 2.17. The van der Waals surface area contributed by atoms with E-state index in [9.17, 15) is 19.5 Å². The summed E-state index contributed by atoms with van der Waals surface area (Å²) in [5, 5.41) is 9.20. The number of likely N-dealkylation sites (tertiary alicyclic amines) is 1. The molecular formula is C15H25NO4. The largest absolute Gasteiger partial charge is 0.480 e. The second-order valence-electron chi connectivity index (χ2n) is 5.42. The lowest BCUT2D eigenvalue weighted by Gasteiger charge is -2.22. The van der Waals surface area contributed by atoms with Crippen molar-refractivity contribution in [3.05, 3.63) is 0 Å². The number of amides is 2. The van der Waals surface area contributed by atoms with Crippen molar-refractivity contribution in [1.29, 1.82) is 0 Å². The number of hydrogen-bond acceptors (Lipinski definition) is 3. The zero-order chi connectivity index (χ0) is 15.0. The van der Waals surface area contributed by atoms with Crippen molar-refractivity contribution in [2.75, 3.05) is 0 Å². The molecule has 1 N–H and O–H groups in total. The molecule has 0 aromatic rings. The molecule has 0 radical (unpaired) electrons. The van der Waals surface area contributed by atoms with E-state index in [0.717, 1.165) is 24.2 Å². The van der Waals surface area contributed by atoms with Crippen LogP contribution in [0.25, 0.3) is 0 Å². The first-order chi connectivity index (χ1) is 9.57. The Morgan fingerprint density at radius 2 is 1.55 bits per heavy atom. The van der Waals surface area contributed by atoms with E-state index >= 15 is 0 Å². The highest BCUT2D eigenvalue weighted by molar-refractivity contribution is 6.04. The smallest absolute Gasteiger partial charge is 0.326 e. The molecule has 5 nitrogen and oxygen atoms in total. The molecule has 1 heterocycles. The van der Waals surface area contributed by atoms with E-state index in [0.29, 0.717) is 6.42 Å². The van der Waals surface area contributed by atoms with E-state index in [1.165, 1.54) is 25.7 Å². The van der Waals surface area contributed by atoms with E-state index in [1.807, 2.05) is 0 Å². The third-order valence-corrected chi connectivity index (χ3v) is 3.77. The van der Waals surface area contributed by atoms with Crippen molar-refractivity contribution in [2.45, 2.75) is 77.2 Å². The highest BCUT2D eigenvalue weighted by Gasteiger charge is 2.38. The van der Waals surface area contributed by atoms with Gasteiger partial charge in [0.05, 0.1) is 0 Å². The Balaban J connectivity index is 2.31. The summed E-state index contributed by atoms with van der Waals surface area (Å²) in [6, 6.07) is -0.965. The van der Waals surface area contributed by atoms with Gasteiger partial charge in [-0.25, -0.2) is 4.79 Å². The number of aliphatic carboxylic acids is 1. The molecule has 1 aliphatic rings. The van der Waals surface area contributed by atoms with Crippen LogP contribution in [0.1, 0.15) is 71.1 Å². The van der Waals surface area contributed by atoms with Gasteiger partial charge in [0.2, 0.25) is 11.8 Å². The van der Waals surface area contributed by atoms with Crippen LogP contribution in [0.4, 0.5) is 0 Å². The molecule has 1 aliphatic heterocycles. The summed E-state index contributed by atoms with van der Waals surface area (Å²) in [5.41, 5.74) is 0. The molecule has 0 saturated carbocycles. The molecule has 2 amide bonds. The quantitative estimate of drug-likeness (QED) is 0.494. The first kappa shape index (κ1) is 16.7. The maximum Gasteiger partial charge on any atom is 0.326 e. The standard InChI is InChI=1S/C15H25NO4/c1-2-3-4-5-6-7-8-9-12(15(19)20)16-13(17)10-11-14(16)18/h12H,2-11H2,1H3,(H,19,20). The van der Waals surface area contributed by atoms with Crippen molar-refractivity contribution in [3.8, 4) is 0 Å². The Morgan fingerprint density at radius 1 is 1.05 bits per heavy atom. The van der Waals surface area contributed by atoms with Crippen molar-refractivity contribution in [2.24, 2.45) is 0 Å². The number of carboxylic acid groups (broad SMARTS) is 1. The van der Waals surface area contributed by atoms with Crippen LogP contribution < -0.4 is 0 Å². The summed E-state index contributed by atoms with van der Waals surface area (Å²) in [5.74, 6) is -1.75. The fourth-order valence-electron chi connectivity index (χ4n) is 2.60. The summed E-state index contributed by atoms with van der Waals surface area (Å²) in [7, 11) is 0. The third-order valence-electron chi connectivity index (χ3n) is 3.77. The lowest BCUT2D eigenvalue weighted by Crippen LogP contribution is -2.44. The molecule has 0 aromatic carbocycles. The molecule has 114 valence electrons. The number of carbonyl (C=O) groups excluding carboxylic acids is 2. The lowest BCUT2D eigenvalue weighted by molar-refractivity contribution is -0.154. The van der Waals surface area contributed by atoms with Gasteiger partial charge in [0.25, 0.3) is 0 Å². The van der Waals surface area contributed by atoms with Gasteiger partial charge in [-0.05, 0) is 6.42 Å². The van der Waals surface area contributed by atoms with Crippen molar-refractivity contribution in [3.63, 3.8) is 0 Å². The van der Waals surface area contributed by atoms with Crippen LogP contribution in [0, 0.1) is 0 Å². The van der Waals surface area contributed by atoms with Crippen LogP contribution in [0.15, 0.2) is 0 Å². The molecule has 1 saturated heterocycles. The van der Waals surface area contributed by atoms with Gasteiger partial charge in [0.1, 0.15) is 6.04 Å². The molecular weight excluding hydrogens is 258 g/mol. The summed E-state index contributed by atoms with van der Waals surface area (Å²) < 4.78 is 0. The first-order valence-electron chi connectivity index (χ1n) is 7.65. The Bertz CT molecular complexity index is 338. The maximum atomic E-state index is 11.6. The number of hydrogen-bond donors (Lipinski definition) is 1. The van der Waals surface area contributed by atoms with Crippen molar-refractivity contribution >= 4 is 17.8 Å². The van der Waals surface area contributed by atoms with Crippen LogP contribution >= 0.6 is 0 Å². The summed E-state index contributed by atoms with van der Waals surface area (Å²) in [4.78, 5) is 35.4. The van der Waals surface area contributed by atoms with Gasteiger partial charge in [0.15, 0.2) is 0 Å². The molecule has 5 heteroatoms. The van der Waals surface area contributed by atoms with Crippen LogP contribution in [-0.4, -0.2) is 33.8 Å². The van der Waals surface area contributed by atoms with E-state index in [4.69, 9.17) is 0 Å². The fraction of sp³-hybridized carbons (Fsp3) is 0.800. The van der Waals surface area contributed by atoms with Gasteiger partial charge in [-0.1, -0.05) is 51.9 Å². The predicted octanol–water partition coefficient (Wildman–Crippen LogP) is 2.73. The number of nitrogens with zero attached hydrogens (tertiary/aromatic N) is 1. The molecule has 1 atom stereocenters. The van der Waals surface area contributed by atoms with Gasteiger partial charge in [-0.15, -0.1) is 0 Å². The second-order valence-corrected chi connectivity index (χ2v) is 5.42. The van der Waals surface area contributed by atoms with Crippen LogP contribution in [0.2, 0.25) is 0 Å². The lowest BCUT2D eigenvalue weighted by atomic mass is 10.0. The van der Waals surface area contributed by atoms with Crippen molar-refractivity contribution in [1.82, 2.24) is 4.90 Å². The molecule has 0 aromatic heterocycles. The number of imide groups is 1. The second kappa shape index (κ2) is 8.72. The number of carboxylic acids is 1. The highest BCUT2D eigenvalue weighted by atomic mass is 16.4. The van der Waals surface area contributed by atoms with Gasteiger partial charge in [-0.2, -0.15) is 0 Å². The molecule has 1 rings (SSSR count). The third kappa shape index (κ3) is 4.94. The number of unbranched alkanes of at least 4 members (excludes halogenated alkanes) is 6. The summed E-state index contributed by atoms with van der Waals surface area (Å²) >= 11 is 0. The minimum atomic E-state index is -1.07. The molecule has 1 fully saturated rings. The highest BCUT2D eigenvalue weighted by Crippen LogP contribution is 2.20. The van der Waals surface area contributed by atoms with E-state index in [1.54, 1.807) is 0 Å². The molecule has 0 aliphatic carbocycles. The zero-order valence-corrected chi connectivity index (χ0v) is 12.3. The SMILES string of the molecule is CCCCCCCCCC(C(=O)O)N1C(=O)CCC1=O. The van der Waals surface area contributed by atoms with Crippen LogP contribution in [0.3, 0.4) is 0 Å². The Labute approximate surface area is 120 Å².